The van der Waals surface area contributed by atoms with Crippen LogP contribution in [-0.2, 0) is 4.79 Å². The highest BCUT2D eigenvalue weighted by Gasteiger charge is 2.55. The van der Waals surface area contributed by atoms with E-state index in [4.69, 9.17) is 5.26 Å². The maximum absolute atomic E-state index is 13.2. The van der Waals surface area contributed by atoms with Crippen LogP contribution in [0.5, 0.6) is 0 Å². The molecule has 2 fully saturated rings. The third kappa shape index (κ3) is 3.18. The Kier molecular flexibility index (Phi) is 4.43. The summed E-state index contributed by atoms with van der Waals surface area (Å²) in [7, 11) is 0. The van der Waals surface area contributed by atoms with Crippen molar-refractivity contribution in [1.82, 2.24) is 20.3 Å². The number of hydrogen-bond donors (Lipinski definition) is 2. The van der Waals surface area contributed by atoms with Crippen molar-refractivity contribution in [2.45, 2.75) is 32.2 Å². The number of H-pyrrole nitrogens is 1. The smallest absolute Gasteiger partial charge is 0.224 e. The molecule has 1 saturated carbocycles. The Hall–Kier alpha value is -3.40. The lowest BCUT2D eigenvalue weighted by Crippen LogP contribution is -2.48. The Labute approximate surface area is 175 Å². The van der Waals surface area contributed by atoms with E-state index < -0.39 is 0 Å². The van der Waals surface area contributed by atoms with Crippen molar-refractivity contribution >= 4 is 22.8 Å². The summed E-state index contributed by atoms with van der Waals surface area (Å²) in [6.45, 7) is 3.66. The number of rotatable bonds is 4. The van der Waals surface area contributed by atoms with Gasteiger partial charge in [-0.2, -0.15) is 5.26 Å². The zero-order chi connectivity index (χ0) is 20.7. The van der Waals surface area contributed by atoms with Gasteiger partial charge in [0.15, 0.2) is 0 Å². The first-order chi connectivity index (χ1) is 14.6. The summed E-state index contributed by atoms with van der Waals surface area (Å²) < 4.78 is 0. The first-order valence-corrected chi connectivity index (χ1v) is 10.4. The number of carbonyl (C=O) groups is 1. The second kappa shape index (κ2) is 7.13. The van der Waals surface area contributed by atoms with Gasteiger partial charge in [-0.25, -0.2) is 9.97 Å². The molecule has 3 aromatic rings. The van der Waals surface area contributed by atoms with Gasteiger partial charge in [-0.15, -0.1) is 0 Å². The number of nitrogens with zero attached hydrogens (tertiary/aromatic N) is 4. The molecule has 2 aromatic heterocycles. The number of amides is 1. The van der Waals surface area contributed by atoms with Crippen molar-refractivity contribution in [2.24, 2.45) is 11.3 Å². The third-order valence-corrected chi connectivity index (χ3v) is 6.67. The standard InChI is InChI=1S/C23H24N6O/c1-15(17-4-2-16(12-24)3-5-17)28-22(30)19-7-11-29(13-23(19)8-9-23)21-18-6-10-25-20(18)26-14-27-21/h2-6,10,14-15,19H,7-9,11,13H2,1H3,(H,28,30)(H,25,26,27)/t15-,19?/m1/s1. The molecule has 2 N–H and O–H groups in total. The van der Waals surface area contributed by atoms with Gasteiger partial charge in [-0.05, 0) is 55.4 Å². The first kappa shape index (κ1) is 18.6. The number of fused-ring (bicyclic) bond motifs is 1. The molecule has 1 saturated heterocycles. The van der Waals surface area contributed by atoms with E-state index in [1.165, 1.54) is 0 Å². The van der Waals surface area contributed by atoms with Gasteiger partial charge in [0.05, 0.1) is 23.1 Å². The number of aromatic amines is 1. The van der Waals surface area contributed by atoms with Crippen LogP contribution in [0.2, 0.25) is 0 Å². The molecule has 0 bridgehead atoms. The predicted molar refractivity (Wildman–Crippen MR) is 114 cm³/mol. The van der Waals surface area contributed by atoms with E-state index >= 15 is 0 Å². The minimum atomic E-state index is -0.0829. The summed E-state index contributed by atoms with van der Waals surface area (Å²) >= 11 is 0. The van der Waals surface area contributed by atoms with Gasteiger partial charge >= 0.3 is 0 Å². The van der Waals surface area contributed by atoms with E-state index in [0.29, 0.717) is 5.56 Å². The fraction of sp³-hybridized carbons (Fsp3) is 0.391. The number of piperidine rings is 1. The molecule has 0 radical (unpaired) electrons. The molecule has 152 valence electrons. The average molecular weight is 400 g/mol. The van der Waals surface area contributed by atoms with Gasteiger partial charge in [0.2, 0.25) is 5.91 Å². The van der Waals surface area contributed by atoms with Crippen LogP contribution in [-0.4, -0.2) is 33.9 Å². The van der Waals surface area contributed by atoms with Crippen LogP contribution < -0.4 is 10.2 Å². The van der Waals surface area contributed by atoms with Crippen molar-refractivity contribution in [3.8, 4) is 6.07 Å². The highest BCUT2D eigenvalue weighted by Crippen LogP contribution is 2.56. The fourth-order valence-corrected chi connectivity index (χ4v) is 4.77. The Balaban J connectivity index is 1.29. The number of anilines is 1. The molecule has 1 spiro atoms. The number of nitrogens with one attached hydrogen (secondary N) is 2. The normalized spacial score (nSPS) is 20.7. The van der Waals surface area contributed by atoms with E-state index in [1.807, 2.05) is 31.3 Å². The number of aromatic nitrogens is 3. The maximum atomic E-state index is 13.2. The summed E-state index contributed by atoms with van der Waals surface area (Å²) in [5.74, 6) is 1.12. The molecule has 3 heterocycles. The van der Waals surface area contributed by atoms with Crippen molar-refractivity contribution in [1.29, 1.82) is 5.26 Å². The largest absolute Gasteiger partial charge is 0.355 e. The van der Waals surface area contributed by atoms with E-state index in [-0.39, 0.29) is 23.3 Å². The SMILES string of the molecule is C[C@@H](NC(=O)C1CCN(c2ncnc3[nH]ccc23)CC12CC2)c1ccc(C#N)cc1. The molecule has 30 heavy (non-hydrogen) atoms. The summed E-state index contributed by atoms with van der Waals surface area (Å²) in [6, 6.07) is 11.5. The minimum Gasteiger partial charge on any atom is -0.355 e. The molecule has 5 rings (SSSR count). The number of benzene rings is 1. The van der Waals surface area contributed by atoms with Gasteiger partial charge in [0.1, 0.15) is 17.8 Å². The highest BCUT2D eigenvalue weighted by atomic mass is 16.2. The molecule has 7 heteroatoms. The molecule has 2 aliphatic rings. The Morgan fingerprint density at radius 3 is 2.83 bits per heavy atom. The van der Waals surface area contributed by atoms with E-state index in [9.17, 15) is 4.79 Å². The van der Waals surface area contributed by atoms with Crippen LogP contribution >= 0.6 is 0 Å². The topological polar surface area (TPSA) is 97.7 Å². The number of hydrogen-bond acceptors (Lipinski definition) is 5. The van der Waals surface area contributed by atoms with Gasteiger partial charge < -0.3 is 15.2 Å². The Bertz CT molecular complexity index is 1120. The third-order valence-electron chi connectivity index (χ3n) is 6.67. The summed E-state index contributed by atoms with van der Waals surface area (Å²) in [5, 5.41) is 13.2. The number of carbonyl (C=O) groups excluding carboxylic acids is 1. The second-order valence-electron chi connectivity index (χ2n) is 8.53. The van der Waals surface area contributed by atoms with E-state index in [2.05, 4.69) is 31.2 Å². The lowest BCUT2D eigenvalue weighted by atomic mass is 9.81. The highest BCUT2D eigenvalue weighted by molar-refractivity contribution is 5.88. The number of nitriles is 1. The van der Waals surface area contributed by atoms with Gasteiger partial charge in [0.25, 0.3) is 0 Å². The maximum Gasteiger partial charge on any atom is 0.224 e. The molecule has 1 unspecified atom stereocenters. The molecule has 1 aromatic carbocycles. The Morgan fingerprint density at radius 1 is 1.30 bits per heavy atom. The predicted octanol–water partition coefficient (Wildman–Crippen LogP) is 3.31. The van der Waals surface area contributed by atoms with Crippen molar-refractivity contribution in [3.63, 3.8) is 0 Å². The van der Waals surface area contributed by atoms with Crippen molar-refractivity contribution in [3.05, 3.63) is 54.0 Å². The average Bonchev–Trinajstić information content (AvgIpc) is 3.34. The van der Waals surface area contributed by atoms with Crippen LogP contribution in [0, 0.1) is 22.7 Å². The monoisotopic (exact) mass is 400 g/mol. The quantitative estimate of drug-likeness (QED) is 0.700. The molecule has 2 atom stereocenters. The first-order valence-electron chi connectivity index (χ1n) is 10.4. The molecular weight excluding hydrogens is 376 g/mol. The summed E-state index contributed by atoms with van der Waals surface area (Å²) in [6.07, 6.45) is 6.47. The van der Waals surface area contributed by atoms with E-state index in [1.54, 1.807) is 18.5 Å². The van der Waals surface area contributed by atoms with Gasteiger partial charge in [-0.1, -0.05) is 12.1 Å². The van der Waals surface area contributed by atoms with Crippen molar-refractivity contribution < 1.29 is 4.79 Å². The minimum absolute atomic E-state index is 0.0261. The van der Waals surface area contributed by atoms with Crippen molar-refractivity contribution in [2.75, 3.05) is 18.0 Å². The molecular formula is C23H24N6O. The lowest BCUT2D eigenvalue weighted by molar-refractivity contribution is -0.128. The van der Waals surface area contributed by atoms with Crippen LogP contribution in [0.3, 0.4) is 0 Å². The lowest BCUT2D eigenvalue weighted by Gasteiger charge is -2.39. The molecule has 1 amide bonds. The Morgan fingerprint density at radius 2 is 2.10 bits per heavy atom. The molecule has 1 aliphatic heterocycles. The zero-order valence-corrected chi connectivity index (χ0v) is 16.9. The zero-order valence-electron chi connectivity index (χ0n) is 16.9. The van der Waals surface area contributed by atoms with Gasteiger partial charge in [0, 0.05) is 25.2 Å². The van der Waals surface area contributed by atoms with Crippen LogP contribution in [0.4, 0.5) is 5.82 Å². The second-order valence-corrected chi connectivity index (χ2v) is 8.53. The van der Waals surface area contributed by atoms with Crippen LogP contribution in [0.15, 0.2) is 42.9 Å². The van der Waals surface area contributed by atoms with Crippen LogP contribution in [0.25, 0.3) is 11.0 Å². The molecule has 1 aliphatic carbocycles. The fourth-order valence-electron chi connectivity index (χ4n) is 4.77. The summed E-state index contributed by atoms with van der Waals surface area (Å²) in [4.78, 5) is 27.5. The van der Waals surface area contributed by atoms with Gasteiger partial charge in [-0.3, -0.25) is 4.79 Å². The van der Waals surface area contributed by atoms with Crippen LogP contribution in [0.1, 0.15) is 43.4 Å². The van der Waals surface area contributed by atoms with E-state index in [0.717, 1.165) is 54.8 Å². The summed E-state index contributed by atoms with van der Waals surface area (Å²) in [5.41, 5.74) is 2.53. The molecule has 7 nitrogen and oxygen atoms in total.